The SMILES string of the molecule is CC(CN1CCOCC1)NC(C)c1cc2ccccc2o1. The summed E-state index contributed by atoms with van der Waals surface area (Å²) in [6, 6.07) is 10.9. The van der Waals surface area contributed by atoms with Crippen LogP contribution in [0.1, 0.15) is 25.6 Å². The van der Waals surface area contributed by atoms with E-state index in [0.717, 1.165) is 44.2 Å². The molecule has 0 saturated carbocycles. The summed E-state index contributed by atoms with van der Waals surface area (Å²) in [4.78, 5) is 2.45. The average Bonchev–Trinajstić information content (AvgIpc) is 2.92. The number of furan rings is 1. The average molecular weight is 288 g/mol. The Morgan fingerprint density at radius 2 is 1.95 bits per heavy atom. The first-order chi connectivity index (χ1) is 10.2. The highest BCUT2D eigenvalue weighted by Crippen LogP contribution is 2.23. The van der Waals surface area contributed by atoms with Crippen molar-refractivity contribution in [2.45, 2.75) is 25.9 Å². The molecule has 3 rings (SSSR count). The minimum atomic E-state index is 0.216. The predicted molar refractivity (Wildman–Crippen MR) is 84.5 cm³/mol. The number of ether oxygens (including phenoxy) is 1. The van der Waals surface area contributed by atoms with Gasteiger partial charge in [-0.05, 0) is 26.0 Å². The zero-order valence-electron chi connectivity index (χ0n) is 12.8. The van der Waals surface area contributed by atoms with Crippen molar-refractivity contribution in [2.24, 2.45) is 0 Å². The highest BCUT2D eigenvalue weighted by Gasteiger charge is 2.17. The molecule has 1 saturated heterocycles. The van der Waals surface area contributed by atoms with E-state index in [1.54, 1.807) is 0 Å². The van der Waals surface area contributed by atoms with Crippen molar-refractivity contribution in [3.63, 3.8) is 0 Å². The number of benzene rings is 1. The highest BCUT2D eigenvalue weighted by atomic mass is 16.5. The van der Waals surface area contributed by atoms with E-state index in [9.17, 15) is 0 Å². The maximum atomic E-state index is 5.92. The van der Waals surface area contributed by atoms with Gasteiger partial charge in [0.25, 0.3) is 0 Å². The molecule has 1 aromatic carbocycles. The summed E-state index contributed by atoms with van der Waals surface area (Å²) in [5.41, 5.74) is 0.960. The predicted octanol–water partition coefficient (Wildman–Crippen LogP) is 2.80. The largest absolute Gasteiger partial charge is 0.459 e. The van der Waals surface area contributed by atoms with Gasteiger partial charge in [-0.2, -0.15) is 0 Å². The summed E-state index contributed by atoms with van der Waals surface area (Å²) in [6.07, 6.45) is 0. The van der Waals surface area contributed by atoms with E-state index in [4.69, 9.17) is 9.15 Å². The molecule has 1 fully saturated rings. The molecule has 0 bridgehead atoms. The Bertz CT molecular complexity index is 542. The summed E-state index contributed by atoms with van der Waals surface area (Å²) in [5.74, 6) is 1.00. The summed E-state index contributed by atoms with van der Waals surface area (Å²) >= 11 is 0. The second-order valence-electron chi connectivity index (χ2n) is 5.89. The molecule has 4 nitrogen and oxygen atoms in total. The molecule has 21 heavy (non-hydrogen) atoms. The molecule has 1 aliphatic rings. The van der Waals surface area contributed by atoms with Gasteiger partial charge in [0, 0.05) is 31.1 Å². The topological polar surface area (TPSA) is 37.6 Å². The van der Waals surface area contributed by atoms with E-state index < -0.39 is 0 Å². The monoisotopic (exact) mass is 288 g/mol. The van der Waals surface area contributed by atoms with Gasteiger partial charge in [0.15, 0.2) is 0 Å². The van der Waals surface area contributed by atoms with Crippen LogP contribution in [-0.2, 0) is 4.74 Å². The van der Waals surface area contributed by atoms with Gasteiger partial charge < -0.3 is 14.5 Å². The first-order valence-electron chi connectivity index (χ1n) is 7.77. The van der Waals surface area contributed by atoms with Crippen molar-refractivity contribution in [3.05, 3.63) is 36.1 Å². The van der Waals surface area contributed by atoms with Crippen LogP contribution in [0.2, 0.25) is 0 Å². The van der Waals surface area contributed by atoms with Crippen molar-refractivity contribution in [1.82, 2.24) is 10.2 Å². The van der Waals surface area contributed by atoms with Gasteiger partial charge in [0.1, 0.15) is 11.3 Å². The van der Waals surface area contributed by atoms with Gasteiger partial charge >= 0.3 is 0 Å². The Morgan fingerprint density at radius 3 is 2.71 bits per heavy atom. The van der Waals surface area contributed by atoms with Crippen molar-refractivity contribution in [1.29, 1.82) is 0 Å². The van der Waals surface area contributed by atoms with Crippen LogP contribution in [0, 0.1) is 0 Å². The number of nitrogens with zero attached hydrogens (tertiary/aromatic N) is 1. The smallest absolute Gasteiger partial charge is 0.134 e. The van der Waals surface area contributed by atoms with Gasteiger partial charge in [-0.3, -0.25) is 4.90 Å². The van der Waals surface area contributed by atoms with Gasteiger partial charge in [-0.25, -0.2) is 0 Å². The van der Waals surface area contributed by atoms with Crippen molar-refractivity contribution in [2.75, 3.05) is 32.8 Å². The zero-order chi connectivity index (χ0) is 14.7. The van der Waals surface area contributed by atoms with Crippen molar-refractivity contribution < 1.29 is 9.15 Å². The molecule has 0 radical (unpaired) electrons. The van der Waals surface area contributed by atoms with E-state index in [2.05, 4.69) is 36.2 Å². The van der Waals surface area contributed by atoms with Crippen LogP contribution < -0.4 is 5.32 Å². The van der Waals surface area contributed by atoms with Crippen LogP contribution in [0.3, 0.4) is 0 Å². The Morgan fingerprint density at radius 1 is 1.19 bits per heavy atom. The molecule has 2 atom stereocenters. The number of fused-ring (bicyclic) bond motifs is 1. The Labute approximate surface area is 126 Å². The molecular weight excluding hydrogens is 264 g/mol. The molecular formula is C17H24N2O2. The van der Waals surface area contributed by atoms with E-state index >= 15 is 0 Å². The fourth-order valence-corrected chi connectivity index (χ4v) is 2.95. The Kier molecular flexibility index (Phi) is 4.58. The first kappa shape index (κ1) is 14.6. The van der Waals surface area contributed by atoms with Gasteiger partial charge in [-0.15, -0.1) is 0 Å². The molecule has 1 aromatic heterocycles. The number of nitrogens with one attached hydrogen (secondary N) is 1. The molecule has 2 aromatic rings. The Hall–Kier alpha value is -1.36. The zero-order valence-corrected chi connectivity index (χ0v) is 12.8. The van der Waals surface area contributed by atoms with Gasteiger partial charge in [0.05, 0.1) is 19.3 Å². The normalized spacial score (nSPS) is 19.7. The van der Waals surface area contributed by atoms with E-state index in [-0.39, 0.29) is 6.04 Å². The minimum absolute atomic E-state index is 0.216. The third-order valence-corrected chi connectivity index (χ3v) is 4.04. The Balaban J connectivity index is 1.58. The summed E-state index contributed by atoms with van der Waals surface area (Å²) in [7, 11) is 0. The second-order valence-corrected chi connectivity index (χ2v) is 5.89. The summed E-state index contributed by atoms with van der Waals surface area (Å²) in [5, 5.41) is 4.80. The number of morpholine rings is 1. The number of hydrogen-bond acceptors (Lipinski definition) is 4. The molecule has 0 spiro atoms. The van der Waals surface area contributed by atoms with Crippen LogP contribution in [0.15, 0.2) is 34.7 Å². The minimum Gasteiger partial charge on any atom is -0.459 e. The lowest BCUT2D eigenvalue weighted by Gasteiger charge is -2.30. The molecule has 1 N–H and O–H groups in total. The maximum absolute atomic E-state index is 5.92. The lowest BCUT2D eigenvalue weighted by Crippen LogP contribution is -2.44. The van der Waals surface area contributed by atoms with Crippen LogP contribution in [-0.4, -0.2) is 43.8 Å². The summed E-state index contributed by atoms with van der Waals surface area (Å²) < 4.78 is 11.3. The van der Waals surface area contributed by atoms with Crippen LogP contribution in [0.5, 0.6) is 0 Å². The molecule has 1 aliphatic heterocycles. The molecule has 0 amide bonds. The number of hydrogen-bond donors (Lipinski definition) is 1. The van der Waals surface area contributed by atoms with E-state index in [1.165, 1.54) is 5.39 Å². The third kappa shape index (κ3) is 3.64. The number of rotatable bonds is 5. The van der Waals surface area contributed by atoms with Crippen LogP contribution >= 0.6 is 0 Å². The van der Waals surface area contributed by atoms with Crippen LogP contribution in [0.4, 0.5) is 0 Å². The number of para-hydroxylation sites is 1. The van der Waals surface area contributed by atoms with Crippen molar-refractivity contribution >= 4 is 11.0 Å². The van der Waals surface area contributed by atoms with Gasteiger partial charge in [-0.1, -0.05) is 18.2 Å². The quantitative estimate of drug-likeness (QED) is 0.918. The lowest BCUT2D eigenvalue weighted by atomic mass is 10.2. The van der Waals surface area contributed by atoms with Gasteiger partial charge in [0.2, 0.25) is 0 Å². The standard InChI is InChI=1S/C17H24N2O2/c1-13(12-19-7-9-20-10-8-19)18-14(2)17-11-15-5-3-4-6-16(15)21-17/h3-6,11,13-14,18H,7-10,12H2,1-2H3. The van der Waals surface area contributed by atoms with Crippen molar-refractivity contribution in [3.8, 4) is 0 Å². The second kappa shape index (κ2) is 6.60. The molecule has 2 heterocycles. The van der Waals surface area contributed by atoms with Crippen LogP contribution in [0.25, 0.3) is 11.0 Å². The fourth-order valence-electron chi connectivity index (χ4n) is 2.95. The fraction of sp³-hybridized carbons (Fsp3) is 0.529. The highest BCUT2D eigenvalue weighted by molar-refractivity contribution is 5.77. The third-order valence-electron chi connectivity index (χ3n) is 4.04. The molecule has 114 valence electrons. The summed E-state index contributed by atoms with van der Waals surface area (Å²) in [6.45, 7) is 9.21. The maximum Gasteiger partial charge on any atom is 0.134 e. The molecule has 2 unspecified atom stereocenters. The first-order valence-corrected chi connectivity index (χ1v) is 7.77. The molecule has 0 aliphatic carbocycles. The van der Waals surface area contributed by atoms with E-state index in [0.29, 0.717) is 6.04 Å². The molecule has 4 heteroatoms. The lowest BCUT2D eigenvalue weighted by molar-refractivity contribution is 0.0338. The van der Waals surface area contributed by atoms with E-state index in [1.807, 2.05) is 18.2 Å².